The number of phenols is 1. The van der Waals surface area contributed by atoms with Gasteiger partial charge in [-0.25, -0.2) is 0 Å². The fraction of sp³-hybridized carbons (Fsp3) is 0.519. The van der Waals surface area contributed by atoms with Gasteiger partial charge in [-0.3, -0.25) is 9.69 Å². The zero-order valence-electron chi connectivity index (χ0n) is 18.8. The molecule has 2 unspecified atom stereocenters. The SMILES string of the molecule is O=C(N[C@@H]1CC[C@@]2(O)C3Cc4ccc(O)cc4C2(CCN3CC2CC2)C1)c1cccc(I)c1. The van der Waals surface area contributed by atoms with Crippen molar-refractivity contribution in [2.75, 3.05) is 13.1 Å². The van der Waals surface area contributed by atoms with Gasteiger partial charge >= 0.3 is 0 Å². The number of amides is 1. The van der Waals surface area contributed by atoms with Crippen molar-refractivity contribution >= 4 is 28.5 Å². The Labute approximate surface area is 208 Å². The first kappa shape index (κ1) is 21.9. The molecular weight excluding hydrogens is 527 g/mol. The van der Waals surface area contributed by atoms with Crippen LogP contribution in [0.15, 0.2) is 42.5 Å². The Balaban J connectivity index is 1.34. The van der Waals surface area contributed by atoms with Crippen LogP contribution < -0.4 is 5.32 Å². The number of aromatic hydroxyl groups is 1. The monoisotopic (exact) mass is 558 g/mol. The summed E-state index contributed by atoms with van der Waals surface area (Å²) in [5.74, 6) is 0.996. The van der Waals surface area contributed by atoms with Gasteiger partial charge in [0.05, 0.1) is 5.60 Å². The fourth-order valence-electron chi connectivity index (χ4n) is 6.97. The quantitative estimate of drug-likeness (QED) is 0.497. The van der Waals surface area contributed by atoms with Crippen molar-refractivity contribution in [1.29, 1.82) is 0 Å². The van der Waals surface area contributed by atoms with E-state index in [-0.39, 0.29) is 23.7 Å². The summed E-state index contributed by atoms with van der Waals surface area (Å²) in [6.07, 6.45) is 6.47. The van der Waals surface area contributed by atoms with Gasteiger partial charge in [-0.15, -0.1) is 0 Å². The van der Waals surface area contributed by atoms with Crippen LogP contribution in [0.25, 0.3) is 0 Å². The second kappa shape index (κ2) is 7.95. The van der Waals surface area contributed by atoms with E-state index in [1.807, 2.05) is 36.4 Å². The van der Waals surface area contributed by atoms with Gasteiger partial charge < -0.3 is 15.5 Å². The summed E-state index contributed by atoms with van der Waals surface area (Å²) < 4.78 is 1.04. The number of benzene rings is 2. The molecule has 33 heavy (non-hydrogen) atoms. The number of halogens is 1. The number of aliphatic hydroxyl groups is 1. The summed E-state index contributed by atoms with van der Waals surface area (Å²) in [6.45, 7) is 2.05. The van der Waals surface area contributed by atoms with E-state index < -0.39 is 11.0 Å². The lowest BCUT2D eigenvalue weighted by atomic mass is 9.49. The lowest BCUT2D eigenvalue weighted by molar-refractivity contribution is -0.170. The topological polar surface area (TPSA) is 72.8 Å². The van der Waals surface area contributed by atoms with Gasteiger partial charge in [0, 0.05) is 33.2 Å². The second-order valence-electron chi connectivity index (χ2n) is 10.7. The molecule has 1 heterocycles. The molecule has 6 rings (SSSR count). The molecule has 2 aromatic carbocycles. The standard InChI is InChI=1S/C27H31IN2O3/c28-20-3-1-2-19(12-20)25(32)29-21-8-9-27(33)24-13-18-6-7-22(31)14-23(18)26(27,15-21)10-11-30(24)16-17-4-5-17/h1-3,6-7,12,14,17,21,24,31,33H,4-5,8-11,13,15-16H2,(H,29,32)/t21-,24?,26?,27-/m1/s1. The number of nitrogens with zero attached hydrogens (tertiary/aromatic N) is 1. The lowest BCUT2D eigenvalue weighted by Gasteiger charge is -2.65. The number of hydrogen-bond acceptors (Lipinski definition) is 4. The van der Waals surface area contributed by atoms with Crippen molar-refractivity contribution in [1.82, 2.24) is 10.2 Å². The molecule has 1 amide bonds. The van der Waals surface area contributed by atoms with E-state index in [0.29, 0.717) is 18.4 Å². The minimum absolute atomic E-state index is 0.000395. The van der Waals surface area contributed by atoms with Crippen molar-refractivity contribution in [2.24, 2.45) is 5.92 Å². The zero-order chi connectivity index (χ0) is 22.8. The van der Waals surface area contributed by atoms with Crippen molar-refractivity contribution < 1.29 is 15.0 Å². The number of carbonyl (C=O) groups excluding carboxylic acids is 1. The van der Waals surface area contributed by atoms with E-state index in [0.717, 1.165) is 47.4 Å². The number of nitrogens with one attached hydrogen (secondary N) is 1. The molecule has 0 spiro atoms. The van der Waals surface area contributed by atoms with Crippen LogP contribution in [0.3, 0.4) is 0 Å². The third-order valence-electron chi connectivity index (χ3n) is 8.75. The number of fused-ring (bicyclic) bond motifs is 1. The van der Waals surface area contributed by atoms with Crippen LogP contribution in [0.1, 0.15) is 60.0 Å². The predicted octanol–water partition coefficient (Wildman–Crippen LogP) is 3.99. The van der Waals surface area contributed by atoms with Gasteiger partial charge in [-0.05, 0) is 121 Å². The van der Waals surface area contributed by atoms with Crippen LogP contribution in [-0.4, -0.2) is 51.8 Å². The van der Waals surface area contributed by atoms with E-state index >= 15 is 0 Å². The summed E-state index contributed by atoms with van der Waals surface area (Å²) in [6, 6.07) is 13.5. The van der Waals surface area contributed by atoms with E-state index in [9.17, 15) is 15.0 Å². The molecule has 2 bridgehead atoms. The minimum Gasteiger partial charge on any atom is -0.508 e. The summed E-state index contributed by atoms with van der Waals surface area (Å²) >= 11 is 2.23. The molecule has 3 fully saturated rings. The molecule has 4 aliphatic rings. The first-order valence-corrected chi connectivity index (χ1v) is 13.3. The Morgan fingerprint density at radius 1 is 1.15 bits per heavy atom. The van der Waals surface area contributed by atoms with Crippen LogP contribution in [-0.2, 0) is 11.8 Å². The maximum atomic E-state index is 13.0. The summed E-state index contributed by atoms with van der Waals surface area (Å²) in [5.41, 5.74) is 1.75. The summed E-state index contributed by atoms with van der Waals surface area (Å²) in [5, 5.41) is 26.0. The molecule has 0 aromatic heterocycles. The number of carbonyl (C=O) groups is 1. The Hall–Kier alpha value is -1.64. The summed E-state index contributed by atoms with van der Waals surface area (Å²) in [7, 11) is 0. The highest BCUT2D eigenvalue weighted by Gasteiger charge is 2.64. The maximum absolute atomic E-state index is 13.0. The molecule has 3 N–H and O–H groups in total. The van der Waals surface area contributed by atoms with Gasteiger partial charge in [0.1, 0.15) is 5.75 Å². The largest absolute Gasteiger partial charge is 0.508 e. The van der Waals surface area contributed by atoms with Crippen molar-refractivity contribution in [3.05, 3.63) is 62.7 Å². The average molecular weight is 558 g/mol. The molecule has 3 aliphatic carbocycles. The molecule has 2 aromatic rings. The highest BCUT2D eigenvalue weighted by atomic mass is 127. The smallest absolute Gasteiger partial charge is 0.251 e. The number of rotatable bonds is 4. The van der Waals surface area contributed by atoms with E-state index in [2.05, 4.69) is 32.8 Å². The van der Waals surface area contributed by atoms with Gasteiger partial charge in [0.25, 0.3) is 5.91 Å². The van der Waals surface area contributed by atoms with Gasteiger partial charge in [0.15, 0.2) is 0 Å². The Morgan fingerprint density at radius 3 is 2.79 bits per heavy atom. The molecule has 5 nitrogen and oxygen atoms in total. The minimum atomic E-state index is -0.829. The Morgan fingerprint density at radius 2 is 2.00 bits per heavy atom. The normalized spacial score (nSPS) is 33.2. The van der Waals surface area contributed by atoms with Gasteiger partial charge in [0.2, 0.25) is 0 Å². The van der Waals surface area contributed by atoms with Gasteiger partial charge in [-0.2, -0.15) is 0 Å². The average Bonchev–Trinajstić information content (AvgIpc) is 3.61. The van der Waals surface area contributed by atoms with E-state index in [1.165, 1.54) is 18.4 Å². The van der Waals surface area contributed by atoms with Crippen molar-refractivity contribution in [3.63, 3.8) is 0 Å². The van der Waals surface area contributed by atoms with E-state index in [4.69, 9.17) is 0 Å². The number of likely N-dealkylation sites (tertiary alicyclic amines) is 1. The Kier molecular flexibility index (Phi) is 5.27. The molecule has 174 valence electrons. The highest BCUT2D eigenvalue weighted by Crippen LogP contribution is 2.58. The lowest BCUT2D eigenvalue weighted by Crippen LogP contribution is -2.74. The molecule has 1 aliphatic heterocycles. The van der Waals surface area contributed by atoms with Crippen LogP contribution in [0.2, 0.25) is 0 Å². The van der Waals surface area contributed by atoms with Crippen molar-refractivity contribution in [2.45, 2.75) is 68.0 Å². The van der Waals surface area contributed by atoms with Crippen LogP contribution in [0.4, 0.5) is 0 Å². The molecule has 2 saturated carbocycles. The highest BCUT2D eigenvalue weighted by molar-refractivity contribution is 14.1. The number of piperidine rings is 1. The number of phenolic OH excluding ortho intramolecular Hbond substituents is 1. The molecule has 4 atom stereocenters. The number of hydrogen-bond donors (Lipinski definition) is 3. The van der Waals surface area contributed by atoms with Crippen molar-refractivity contribution in [3.8, 4) is 5.75 Å². The first-order valence-electron chi connectivity index (χ1n) is 12.2. The third kappa shape index (κ3) is 3.60. The zero-order valence-corrected chi connectivity index (χ0v) is 20.9. The fourth-order valence-corrected chi connectivity index (χ4v) is 7.52. The third-order valence-corrected chi connectivity index (χ3v) is 9.42. The van der Waals surface area contributed by atoms with Crippen LogP contribution >= 0.6 is 22.6 Å². The Bertz CT molecular complexity index is 1100. The van der Waals surface area contributed by atoms with Gasteiger partial charge in [-0.1, -0.05) is 12.1 Å². The van der Waals surface area contributed by atoms with Crippen LogP contribution in [0, 0.1) is 9.49 Å². The molecule has 1 saturated heterocycles. The second-order valence-corrected chi connectivity index (χ2v) is 11.9. The molecule has 0 radical (unpaired) electrons. The predicted molar refractivity (Wildman–Crippen MR) is 135 cm³/mol. The summed E-state index contributed by atoms with van der Waals surface area (Å²) in [4.78, 5) is 15.6. The molecular formula is C27H31IN2O3. The maximum Gasteiger partial charge on any atom is 0.251 e. The van der Waals surface area contributed by atoms with Crippen LogP contribution in [0.5, 0.6) is 5.75 Å². The first-order chi connectivity index (χ1) is 15.9. The van der Waals surface area contributed by atoms with E-state index in [1.54, 1.807) is 6.07 Å². The molecule has 6 heteroatoms.